The zero-order valence-corrected chi connectivity index (χ0v) is 27.2. The molecule has 0 fully saturated rings. The summed E-state index contributed by atoms with van der Waals surface area (Å²) < 4.78 is 10.5. The van der Waals surface area contributed by atoms with E-state index in [0.29, 0.717) is 12.8 Å². The van der Waals surface area contributed by atoms with E-state index < -0.39 is 6.10 Å². The summed E-state index contributed by atoms with van der Waals surface area (Å²) in [6.07, 6.45) is 40.2. The lowest BCUT2D eigenvalue weighted by Crippen LogP contribution is -2.28. The number of rotatable bonds is 30. The number of hydrogen-bond acceptors (Lipinski definition) is 5. The van der Waals surface area contributed by atoms with Crippen LogP contribution in [0.4, 0.5) is 0 Å². The number of aliphatic hydroxyl groups excluding tert-OH is 1. The van der Waals surface area contributed by atoms with E-state index in [1.165, 1.54) is 57.8 Å². The van der Waals surface area contributed by atoms with Crippen LogP contribution in [-0.4, -0.2) is 36.4 Å². The van der Waals surface area contributed by atoms with Crippen LogP contribution in [0.3, 0.4) is 0 Å². The molecule has 0 amide bonds. The molecule has 0 saturated heterocycles. The quantitative estimate of drug-likeness (QED) is 0.0513. The molecule has 5 heteroatoms. The van der Waals surface area contributed by atoms with Crippen molar-refractivity contribution in [2.24, 2.45) is 0 Å². The Labute approximate surface area is 258 Å². The molecule has 0 rings (SSSR count). The third-order valence-electron chi connectivity index (χ3n) is 7.10. The van der Waals surface area contributed by atoms with Crippen LogP contribution in [-0.2, 0) is 19.1 Å². The van der Waals surface area contributed by atoms with E-state index in [0.717, 1.165) is 70.6 Å². The molecule has 0 radical (unpaired) electrons. The minimum absolute atomic E-state index is 0.0806. The van der Waals surface area contributed by atoms with Crippen LogP contribution in [0.2, 0.25) is 0 Å². The van der Waals surface area contributed by atoms with Gasteiger partial charge in [0.1, 0.15) is 6.61 Å². The Morgan fingerprint density at radius 3 is 1.52 bits per heavy atom. The zero-order valence-electron chi connectivity index (χ0n) is 27.2. The van der Waals surface area contributed by atoms with Crippen LogP contribution in [0, 0.1) is 0 Å². The highest BCUT2D eigenvalue weighted by atomic mass is 16.6. The maximum absolute atomic E-state index is 12.1. The summed E-state index contributed by atoms with van der Waals surface area (Å²) in [4.78, 5) is 24.1. The van der Waals surface area contributed by atoms with Crippen molar-refractivity contribution in [3.8, 4) is 0 Å². The molecule has 0 unspecified atom stereocenters. The average molecular weight is 589 g/mol. The SMILES string of the molecule is CCCC/C=C\CCCCCCCC(=O)OC[C@H](CO)OC(=O)CCCCCC/C=C\C/C=C\C/C=C\CCCCC. The van der Waals surface area contributed by atoms with Gasteiger partial charge in [-0.15, -0.1) is 0 Å². The average Bonchev–Trinajstić information content (AvgIpc) is 2.99. The van der Waals surface area contributed by atoms with Crippen LogP contribution < -0.4 is 0 Å². The van der Waals surface area contributed by atoms with Crippen LogP contribution in [0.1, 0.15) is 155 Å². The molecule has 0 aliphatic heterocycles. The normalized spacial score (nSPS) is 12.7. The van der Waals surface area contributed by atoms with Gasteiger partial charge in [0.25, 0.3) is 0 Å². The van der Waals surface area contributed by atoms with Gasteiger partial charge in [0.2, 0.25) is 0 Å². The first-order valence-electron chi connectivity index (χ1n) is 17.2. The van der Waals surface area contributed by atoms with E-state index in [9.17, 15) is 14.7 Å². The van der Waals surface area contributed by atoms with E-state index in [2.05, 4.69) is 62.5 Å². The summed E-state index contributed by atoms with van der Waals surface area (Å²) in [6, 6.07) is 0. The Kier molecular flexibility index (Phi) is 31.7. The van der Waals surface area contributed by atoms with Crippen molar-refractivity contribution in [3.63, 3.8) is 0 Å². The van der Waals surface area contributed by atoms with E-state index in [4.69, 9.17) is 9.47 Å². The topological polar surface area (TPSA) is 72.8 Å². The van der Waals surface area contributed by atoms with Crippen molar-refractivity contribution in [2.75, 3.05) is 13.2 Å². The number of ether oxygens (including phenoxy) is 2. The number of esters is 2. The molecule has 0 aliphatic carbocycles. The number of allylic oxidation sites excluding steroid dienone is 8. The van der Waals surface area contributed by atoms with Crippen molar-refractivity contribution < 1.29 is 24.2 Å². The summed E-state index contributed by atoms with van der Waals surface area (Å²) in [6.45, 7) is 4.02. The lowest BCUT2D eigenvalue weighted by atomic mass is 10.1. The second-order valence-corrected chi connectivity index (χ2v) is 11.2. The molecule has 0 aromatic rings. The van der Waals surface area contributed by atoms with E-state index in [1.54, 1.807) is 0 Å². The number of aliphatic hydroxyl groups is 1. The first kappa shape index (κ1) is 39.9. The Morgan fingerprint density at radius 2 is 0.976 bits per heavy atom. The predicted octanol–water partition coefficient (Wildman–Crippen LogP) is 10.3. The number of carbonyl (C=O) groups is 2. The summed E-state index contributed by atoms with van der Waals surface area (Å²) in [5.74, 6) is -0.633. The highest BCUT2D eigenvalue weighted by Crippen LogP contribution is 2.11. The summed E-state index contributed by atoms with van der Waals surface area (Å²) in [5, 5.41) is 9.50. The van der Waals surface area contributed by atoms with Crippen molar-refractivity contribution in [1.29, 1.82) is 0 Å². The van der Waals surface area contributed by atoms with E-state index in [1.807, 2.05) is 0 Å². The summed E-state index contributed by atoms with van der Waals surface area (Å²) in [7, 11) is 0. The van der Waals surface area contributed by atoms with Crippen molar-refractivity contribution in [3.05, 3.63) is 48.6 Å². The molecule has 0 heterocycles. The minimum Gasteiger partial charge on any atom is -0.462 e. The molecule has 0 aromatic heterocycles. The van der Waals surface area contributed by atoms with Crippen LogP contribution in [0.25, 0.3) is 0 Å². The molecular weight excluding hydrogens is 524 g/mol. The zero-order chi connectivity index (χ0) is 30.8. The second-order valence-electron chi connectivity index (χ2n) is 11.2. The monoisotopic (exact) mass is 588 g/mol. The van der Waals surface area contributed by atoms with Gasteiger partial charge < -0.3 is 14.6 Å². The fourth-order valence-electron chi connectivity index (χ4n) is 4.42. The number of hydrogen-bond donors (Lipinski definition) is 1. The molecule has 0 aromatic carbocycles. The first-order chi connectivity index (χ1) is 20.6. The van der Waals surface area contributed by atoms with E-state index in [-0.39, 0.29) is 25.2 Å². The smallest absolute Gasteiger partial charge is 0.306 e. The molecule has 0 spiro atoms. The Bertz CT molecular complexity index is 722. The highest BCUT2D eigenvalue weighted by molar-refractivity contribution is 5.70. The van der Waals surface area contributed by atoms with Gasteiger partial charge in [-0.1, -0.05) is 120 Å². The lowest BCUT2D eigenvalue weighted by Gasteiger charge is -2.15. The third kappa shape index (κ3) is 30.8. The van der Waals surface area contributed by atoms with Gasteiger partial charge in [0, 0.05) is 12.8 Å². The largest absolute Gasteiger partial charge is 0.462 e. The fourth-order valence-corrected chi connectivity index (χ4v) is 4.42. The van der Waals surface area contributed by atoms with Gasteiger partial charge in [-0.05, 0) is 70.6 Å². The van der Waals surface area contributed by atoms with Crippen molar-refractivity contribution in [2.45, 2.75) is 161 Å². The minimum atomic E-state index is -0.784. The van der Waals surface area contributed by atoms with Gasteiger partial charge in [-0.2, -0.15) is 0 Å². The molecule has 242 valence electrons. The summed E-state index contributed by atoms with van der Waals surface area (Å²) in [5.41, 5.74) is 0. The number of unbranched alkanes of at least 4 members (excludes halogenated alkanes) is 14. The third-order valence-corrected chi connectivity index (χ3v) is 7.10. The highest BCUT2D eigenvalue weighted by Gasteiger charge is 2.16. The van der Waals surface area contributed by atoms with Crippen LogP contribution in [0.5, 0.6) is 0 Å². The molecule has 42 heavy (non-hydrogen) atoms. The van der Waals surface area contributed by atoms with Crippen molar-refractivity contribution >= 4 is 11.9 Å². The standard InChI is InChI=1S/C37H64O5/c1-3-5-7-9-11-13-15-16-17-18-19-20-22-24-26-28-30-32-37(40)42-35(33-38)34-41-36(39)31-29-27-25-23-21-14-12-10-8-6-4-2/h10-13,16-17,19-20,35,38H,3-9,14-15,18,21-34H2,1-2H3/b12-10-,13-11-,17-16-,20-19-/t35-/m0/s1. The first-order valence-corrected chi connectivity index (χ1v) is 17.2. The Morgan fingerprint density at radius 1 is 0.548 bits per heavy atom. The summed E-state index contributed by atoms with van der Waals surface area (Å²) >= 11 is 0. The molecule has 5 nitrogen and oxygen atoms in total. The molecular formula is C37H64O5. The van der Waals surface area contributed by atoms with Crippen LogP contribution >= 0.6 is 0 Å². The van der Waals surface area contributed by atoms with Gasteiger partial charge in [0.15, 0.2) is 6.10 Å². The molecule has 1 atom stereocenters. The predicted molar refractivity (Wildman–Crippen MR) is 177 cm³/mol. The molecule has 0 aliphatic rings. The van der Waals surface area contributed by atoms with Crippen LogP contribution in [0.15, 0.2) is 48.6 Å². The fraction of sp³-hybridized carbons (Fsp3) is 0.730. The van der Waals surface area contributed by atoms with Gasteiger partial charge in [0.05, 0.1) is 6.61 Å². The van der Waals surface area contributed by atoms with Gasteiger partial charge >= 0.3 is 11.9 Å². The maximum Gasteiger partial charge on any atom is 0.306 e. The number of carbonyl (C=O) groups excluding carboxylic acids is 2. The van der Waals surface area contributed by atoms with Gasteiger partial charge in [-0.25, -0.2) is 0 Å². The van der Waals surface area contributed by atoms with E-state index >= 15 is 0 Å². The lowest BCUT2D eigenvalue weighted by molar-refractivity contribution is -0.161. The Hall–Kier alpha value is -2.14. The molecule has 0 saturated carbocycles. The Balaban J connectivity index is 3.66. The maximum atomic E-state index is 12.1. The molecule has 0 bridgehead atoms. The van der Waals surface area contributed by atoms with Gasteiger partial charge in [-0.3, -0.25) is 9.59 Å². The molecule has 1 N–H and O–H groups in total. The second kappa shape index (κ2) is 33.4. The van der Waals surface area contributed by atoms with Crippen molar-refractivity contribution in [1.82, 2.24) is 0 Å².